The van der Waals surface area contributed by atoms with E-state index in [1.165, 1.54) is 24.1 Å². The topological polar surface area (TPSA) is 32.3 Å². The lowest BCUT2D eigenvalue weighted by molar-refractivity contribution is -0.137. The van der Waals surface area contributed by atoms with Crippen LogP contribution in [0.2, 0.25) is 0 Å². The van der Waals surface area contributed by atoms with Crippen LogP contribution in [0.1, 0.15) is 52.4 Å². The highest BCUT2D eigenvalue weighted by atomic mass is 16.2. The van der Waals surface area contributed by atoms with Gasteiger partial charge in [0.25, 0.3) is 0 Å². The lowest BCUT2D eigenvalue weighted by atomic mass is 9.79. The zero-order valence-corrected chi connectivity index (χ0v) is 12.7. The summed E-state index contributed by atoms with van der Waals surface area (Å²) in [6.45, 7) is 6.28. The third-order valence-electron chi connectivity index (χ3n) is 5.36. The lowest BCUT2D eigenvalue weighted by Crippen LogP contribution is -2.46. The van der Waals surface area contributed by atoms with E-state index in [1.807, 2.05) is 0 Å². The summed E-state index contributed by atoms with van der Waals surface area (Å²) in [5, 5.41) is 3.40. The zero-order chi connectivity index (χ0) is 14.2. The van der Waals surface area contributed by atoms with Crippen molar-refractivity contribution < 1.29 is 4.79 Å². The summed E-state index contributed by atoms with van der Waals surface area (Å²) in [7, 11) is 0. The molecule has 110 valence electrons. The van der Waals surface area contributed by atoms with Gasteiger partial charge in [0.1, 0.15) is 0 Å². The van der Waals surface area contributed by atoms with Crippen molar-refractivity contribution >= 4 is 5.91 Å². The minimum atomic E-state index is -0.179. The summed E-state index contributed by atoms with van der Waals surface area (Å²) < 4.78 is 0. The zero-order valence-electron chi connectivity index (χ0n) is 12.7. The molecule has 0 bridgehead atoms. The van der Waals surface area contributed by atoms with Crippen LogP contribution in [0.15, 0.2) is 23.4 Å². The Morgan fingerprint density at radius 2 is 1.90 bits per heavy atom. The van der Waals surface area contributed by atoms with Gasteiger partial charge in [-0.1, -0.05) is 25.0 Å². The number of hydrogen-bond donors (Lipinski definition) is 1. The van der Waals surface area contributed by atoms with Crippen molar-refractivity contribution in [1.82, 2.24) is 10.2 Å². The van der Waals surface area contributed by atoms with E-state index in [2.05, 4.69) is 36.2 Å². The average molecular weight is 274 g/mol. The van der Waals surface area contributed by atoms with Gasteiger partial charge in [-0.15, -0.1) is 0 Å². The molecule has 2 fully saturated rings. The van der Waals surface area contributed by atoms with E-state index >= 15 is 0 Å². The molecule has 3 rings (SSSR count). The predicted molar refractivity (Wildman–Crippen MR) is 81.2 cm³/mol. The molecule has 0 aromatic rings. The molecule has 0 radical (unpaired) electrons. The second kappa shape index (κ2) is 5.36. The van der Waals surface area contributed by atoms with Crippen LogP contribution in [0.3, 0.4) is 0 Å². The fraction of sp³-hybridized carbons (Fsp3) is 0.706. The number of amides is 1. The first kappa shape index (κ1) is 13.9. The van der Waals surface area contributed by atoms with Crippen LogP contribution < -0.4 is 5.32 Å². The number of hydrogen-bond acceptors (Lipinski definition) is 2. The van der Waals surface area contributed by atoms with Crippen LogP contribution in [0.4, 0.5) is 0 Å². The molecule has 0 unspecified atom stereocenters. The highest BCUT2D eigenvalue weighted by molar-refractivity contribution is 5.92. The van der Waals surface area contributed by atoms with Gasteiger partial charge in [0.15, 0.2) is 0 Å². The highest BCUT2D eigenvalue weighted by Gasteiger charge is 2.53. The SMILES string of the molecule is C/C=C\C1=C(C)N(C2CCNCC2)C(=O)C12CCCC2. The summed E-state index contributed by atoms with van der Waals surface area (Å²) in [5.41, 5.74) is 2.35. The minimum Gasteiger partial charge on any atom is -0.317 e. The second-order valence-corrected chi connectivity index (χ2v) is 6.44. The highest BCUT2D eigenvalue weighted by Crippen LogP contribution is 2.52. The van der Waals surface area contributed by atoms with Crippen molar-refractivity contribution in [3.05, 3.63) is 23.4 Å². The van der Waals surface area contributed by atoms with Gasteiger partial charge in [-0.25, -0.2) is 0 Å². The first-order valence-electron chi connectivity index (χ1n) is 8.09. The molecule has 3 nitrogen and oxygen atoms in total. The third kappa shape index (κ3) is 1.95. The van der Waals surface area contributed by atoms with Crippen LogP contribution in [0, 0.1) is 5.41 Å². The molecule has 1 amide bonds. The molecule has 3 heteroatoms. The van der Waals surface area contributed by atoms with Crippen LogP contribution in [0.25, 0.3) is 0 Å². The van der Waals surface area contributed by atoms with Crippen molar-refractivity contribution in [3.63, 3.8) is 0 Å². The molecule has 3 aliphatic rings. The number of piperidine rings is 1. The van der Waals surface area contributed by atoms with Gasteiger partial charge < -0.3 is 10.2 Å². The Hall–Kier alpha value is -1.09. The number of nitrogens with zero attached hydrogens (tertiary/aromatic N) is 1. The maximum atomic E-state index is 13.2. The predicted octanol–water partition coefficient (Wildman–Crippen LogP) is 2.99. The Morgan fingerprint density at radius 1 is 1.25 bits per heavy atom. The van der Waals surface area contributed by atoms with Crippen LogP contribution in [-0.2, 0) is 4.79 Å². The summed E-state index contributed by atoms with van der Waals surface area (Å²) in [6, 6.07) is 0.406. The molecular formula is C17H26N2O. The molecule has 2 aliphatic heterocycles. The van der Waals surface area contributed by atoms with E-state index in [0.717, 1.165) is 38.8 Å². The van der Waals surface area contributed by atoms with Crippen molar-refractivity contribution in [3.8, 4) is 0 Å². The third-order valence-corrected chi connectivity index (χ3v) is 5.36. The van der Waals surface area contributed by atoms with E-state index in [9.17, 15) is 4.79 Å². The van der Waals surface area contributed by atoms with Crippen LogP contribution in [-0.4, -0.2) is 29.9 Å². The first-order chi connectivity index (χ1) is 9.70. The minimum absolute atomic E-state index is 0.179. The lowest BCUT2D eigenvalue weighted by Gasteiger charge is -2.34. The van der Waals surface area contributed by atoms with Gasteiger partial charge in [-0.2, -0.15) is 0 Å². The molecule has 1 N–H and O–H groups in total. The van der Waals surface area contributed by atoms with Crippen LogP contribution in [0.5, 0.6) is 0 Å². The van der Waals surface area contributed by atoms with E-state index in [-0.39, 0.29) is 5.41 Å². The number of allylic oxidation sites excluding steroid dienone is 3. The maximum absolute atomic E-state index is 13.2. The molecule has 0 aromatic heterocycles. The molecule has 1 aliphatic carbocycles. The second-order valence-electron chi connectivity index (χ2n) is 6.44. The van der Waals surface area contributed by atoms with Gasteiger partial charge in [0.05, 0.1) is 5.41 Å². The Kier molecular flexibility index (Phi) is 3.72. The van der Waals surface area contributed by atoms with Crippen molar-refractivity contribution in [2.75, 3.05) is 13.1 Å². The molecule has 1 saturated heterocycles. The Balaban J connectivity index is 1.97. The van der Waals surface area contributed by atoms with Gasteiger partial charge in [-0.3, -0.25) is 4.79 Å². The largest absolute Gasteiger partial charge is 0.317 e. The Bertz CT molecular complexity index is 452. The Morgan fingerprint density at radius 3 is 2.50 bits per heavy atom. The van der Waals surface area contributed by atoms with E-state index < -0.39 is 0 Å². The molecule has 0 aromatic carbocycles. The standard InChI is InChI=1S/C17H26N2O/c1-3-6-15-13(2)19(14-7-11-18-12-8-14)16(20)17(15)9-4-5-10-17/h3,6,14,18H,4-5,7-12H2,1-2H3/b6-3-. The molecule has 0 atom stereocenters. The molecular weight excluding hydrogens is 248 g/mol. The smallest absolute Gasteiger partial charge is 0.237 e. The number of carbonyl (C=O) groups excluding carboxylic acids is 1. The molecule has 1 spiro atoms. The van der Waals surface area contributed by atoms with Crippen molar-refractivity contribution in [2.24, 2.45) is 5.41 Å². The van der Waals surface area contributed by atoms with Crippen molar-refractivity contribution in [2.45, 2.75) is 58.4 Å². The number of carbonyl (C=O) groups is 1. The quantitative estimate of drug-likeness (QED) is 0.839. The molecule has 20 heavy (non-hydrogen) atoms. The number of rotatable bonds is 2. The van der Waals surface area contributed by atoms with Gasteiger partial charge >= 0.3 is 0 Å². The maximum Gasteiger partial charge on any atom is 0.237 e. The van der Waals surface area contributed by atoms with E-state index in [0.29, 0.717) is 11.9 Å². The summed E-state index contributed by atoms with van der Waals surface area (Å²) in [5.74, 6) is 0.396. The van der Waals surface area contributed by atoms with Gasteiger partial charge in [0.2, 0.25) is 5.91 Å². The first-order valence-corrected chi connectivity index (χ1v) is 8.09. The van der Waals surface area contributed by atoms with Gasteiger partial charge in [0, 0.05) is 11.7 Å². The summed E-state index contributed by atoms with van der Waals surface area (Å²) >= 11 is 0. The number of nitrogens with one attached hydrogen (secondary N) is 1. The fourth-order valence-corrected chi connectivity index (χ4v) is 4.39. The van der Waals surface area contributed by atoms with Crippen molar-refractivity contribution in [1.29, 1.82) is 0 Å². The Labute approximate surface area is 122 Å². The van der Waals surface area contributed by atoms with Crippen LogP contribution >= 0.6 is 0 Å². The summed E-state index contributed by atoms with van der Waals surface area (Å²) in [6.07, 6.45) is 10.9. The molecule has 1 saturated carbocycles. The molecule has 2 heterocycles. The normalized spacial score (nSPS) is 27.5. The fourth-order valence-electron chi connectivity index (χ4n) is 4.39. The van der Waals surface area contributed by atoms with Gasteiger partial charge in [-0.05, 0) is 58.2 Å². The van der Waals surface area contributed by atoms with E-state index in [1.54, 1.807) is 0 Å². The average Bonchev–Trinajstić information content (AvgIpc) is 3.02. The van der Waals surface area contributed by atoms with E-state index in [4.69, 9.17) is 0 Å². The summed E-state index contributed by atoms with van der Waals surface area (Å²) in [4.78, 5) is 15.3. The monoisotopic (exact) mass is 274 g/mol.